The molecule has 3 fully saturated rings. The van der Waals surface area contributed by atoms with Crippen LogP contribution in [0.1, 0.15) is 35.1 Å². The minimum Gasteiger partial charge on any atom is -0.380 e. The number of pyridine rings is 2. The second-order valence-corrected chi connectivity index (χ2v) is 9.58. The smallest absolute Gasteiger partial charge is 0.274 e. The van der Waals surface area contributed by atoms with E-state index in [1.165, 1.54) is 0 Å². The number of tetrazole rings is 1. The van der Waals surface area contributed by atoms with E-state index in [0.29, 0.717) is 39.9 Å². The zero-order valence-corrected chi connectivity index (χ0v) is 18.7. The van der Waals surface area contributed by atoms with Gasteiger partial charge in [-0.3, -0.25) is 14.2 Å². The number of nitrogens with one attached hydrogen (secondary N) is 1. The van der Waals surface area contributed by atoms with Crippen LogP contribution in [0.5, 0.6) is 0 Å². The molecule has 1 spiro atoms. The van der Waals surface area contributed by atoms with Gasteiger partial charge in [-0.2, -0.15) is 4.80 Å². The maximum Gasteiger partial charge on any atom is 0.274 e. The first-order chi connectivity index (χ1) is 16.6. The molecule has 6 heterocycles. The van der Waals surface area contributed by atoms with Crippen LogP contribution in [-0.4, -0.2) is 66.8 Å². The van der Waals surface area contributed by atoms with E-state index in [2.05, 4.69) is 41.7 Å². The second kappa shape index (κ2) is 7.07. The number of hydrogen-bond donors (Lipinski definition) is 1. The maximum absolute atomic E-state index is 13.2. The molecule has 0 atom stereocenters. The number of aryl methyl sites for hydroxylation is 1. The van der Waals surface area contributed by atoms with Gasteiger partial charge in [0.2, 0.25) is 5.82 Å². The highest BCUT2D eigenvalue weighted by atomic mass is 16.5. The molecule has 7 rings (SSSR count). The lowest BCUT2D eigenvalue weighted by molar-refractivity contribution is -0.127. The van der Waals surface area contributed by atoms with Crippen molar-refractivity contribution in [3.63, 3.8) is 0 Å². The second-order valence-electron chi connectivity index (χ2n) is 9.58. The third-order valence-corrected chi connectivity index (χ3v) is 6.85. The molecule has 0 aromatic carbocycles. The van der Waals surface area contributed by atoms with E-state index in [1.807, 2.05) is 29.7 Å². The molecule has 0 radical (unpaired) electrons. The number of carbonyl (C=O) groups excluding carboxylic acids is 1. The molecule has 34 heavy (non-hydrogen) atoms. The minimum absolute atomic E-state index is 0.256. The highest BCUT2D eigenvalue weighted by Gasteiger charge is 2.49. The number of amides is 1. The zero-order chi connectivity index (χ0) is 22.9. The minimum atomic E-state index is -0.256. The molecule has 11 heteroatoms. The van der Waals surface area contributed by atoms with Crippen molar-refractivity contribution in [3.05, 3.63) is 48.2 Å². The number of nitrogens with zero attached hydrogens (tertiary/aromatic N) is 8. The van der Waals surface area contributed by atoms with Crippen molar-refractivity contribution in [1.82, 2.24) is 34.6 Å². The van der Waals surface area contributed by atoms with E-state index in [9.17, 15) is 4.79 Å². The van der Waals surface area contributed by atoms with Crippen molar-refractivity contribution in [2.45, 2.75) is 25.8 Å². The van der Waals surface area contributed by atoms with Gasteiger partial charge >= 0.3 is 0 Å². The molecule has 0 unspecified atom stereocenters. The van der Waals surface area contributed by atoms with E-state index in [0.717, 1.165) is 50.5 Å². The van der Waals surface area contributed by atoms with Crippen LogP contribution < -0.4 is 10.2 Å². The third kappa shape index (κ3) is 3.15. The fraction of sp³-hybridized carbons (Fsp3) is 0.391. The predicted molar refractivity (Wildman–Crippen MR) is 123 cm³/mol. The fourth-order valence-electron chi connectivity index (χ4n) is 4.61. The number of rotatable bonds is 5. The van der Waals surface area contributed by atoms with Crippen LogP contribution in [0.25, 0.3) is 17.0 Å². The zero-order valence-electron chi connectivity index (χ0n) is 18.7. The van der Waals surface area contributed by atoms with Gasteiger partial charge in [0, 0.05) is 31.0 Å². The summed E-state index contributed by atoms with van der Waals surface area (Å²) in [7, 11) is 0. The number of aromatic nitrogens is 7. The lowest BCUT2D eigenvalue weighted by atomic mass is 9.78. The normalized spacial score (nSPS) is 18.7. The van der Waals surface area contributed by atoms with Gasteiger partial charge in [0.05, 0.1) is 47.9 Å². The summed E-state index contributed by atoms with van der Waals surface area (Å²) in [5.74, 6) is 0.243. The number of anilines is 2. The summed E-state index contributed by atoms with van der Waals surface area (Å²) < 4.78 is 7.21. The Hall–Kier alpha value is -3.86. The van der Waals surface area contributed by atoms with E-state index in [-0.39, 0.29) is 5.91 Å². The van der Waals surface area contributed by atoms with Crippen molar-refractivity contribution in [2.24, 2.45) is 5.41 Å². The average Bonchev–Trinajstić information content (AvgIpc) is 3.35. The van der Waals surface area contributed by atoms with Crippen molar-refractivity contribution >= 4 is 22.9 Å². The van der Waals surface area contributed by atoms with Crippen LogP contribution in [0.15, 0.2) is 36.8 Å². The highest BCUT2D eigenvalue weighted by molar-refractivity contribution is 6.04. The summed E-state index contributed by atoms with van der Waals surface area (Å²) >= 11 is 0. The Labute approximate surface area is 194 Å². The molecule has 11 nitrogen and oxygen atoms in total. The van der Waals surface area contributed by atoms with Gasteiger partial charge in [-0.25, -0.2) is 4.98 Å². The Morgan fingerprint density at radius 2 is 2.03 bits per heavy atom. The maximum atomic E-state index is 13.2. The third-order valence-electron chi connectivity index (χ3n) is 6.85. The Morgan fingerprint density at radius 3 is 2.79 bits per heavy atom. The van der Waals surface area contributed by atoms with Gasteiger partial charge in [0.1, 0.15) is 11.3 Å². The largest absolute Gasteiger partial charge is 0.380 e. The molecule has 2 aliphatic heterocycles. The summed E-state index contributed by atoms with van der Waals surface area (Å²) in [6, 6.07) is 6.18. The van der Waals surface area contributed by atoms with E-state index >= 15 is 0 Å². The molecule has 4 aromatic heterocycles. The van der Waals surface area contributed by atoms with Crippen LogP contribution >= 0.6 is 0 Å². The molecule has 3 aliphatic rings. The molecule has 1 N–H and O–H groups in total. The standard InChI is InChI=1S/C23H23N9O2/c1-14-18(6-15(7-24-14)21-27-29-32(28-21)16-2-3-16)26-22(33)19-8-25-20-5-4-17(9-31(19)20)30-10-23(11-30)12-34-13-23/h4-9,16H,2-3,10-13H2,1H3,(H,26,33). The van der Waals surface area contributed by atoms with E-state index in [4.69, 9.17) is 4.74 Å². The summed E-state index contributed by atoms with van der Waals surface area (Å²) in [5.41, 5.74) is 4.59. The van der Waals surface area contributed by atoms with Crippen molar-refractivity contribution < 1.29 is 9.53 Å². The van der Waals surface area contributed by atoms with E-state index in [1.54, 1.807) is 17.2 Å². The van der Waals surface area contributed by atoms with Gasteiger partial charge in [-0.15, -0.1) is 10.2 Å². The number of fused-ring (bicyclic) bond motifs is 1. The number of ether oxygens (including phenoxy) is 1. The number of imidazole rings is 1. The van der Waals surface area contributed by atoms with Crippen LogP contribution in [0, 0.1) is 12.3 Å². The summed E-state index contributed by atoms with van der Waals surface area (Å²) in [6.45, 7) is 5.48. The number of hydrogen-bond acceptors (Lipinski definition) is 8. The molecular formula is C23H23N9O2. The molecule has 172 valence electrons. The lowest BCUT2D eigenvalue weighted by Gasteiger charge is -2.55. The van der Waals surface area contributed by atoms with Gasteiger partial charge in [0.15, 0.2) is 0 Å². The molecule has 1 saturated carbocycles. The highest BCUT2D eigenvalue weighted by Crippen LogP contribution is 2.40. The Bertz CT molecular complexity index is 1430. The molecular weight excluding hydrogens is 434 g/mol. The Balaban J connectivity index is 1.14. The summed E-state index contributed by atoms with van der Waals surface area (Å²) in [4.78, 5) is 26.0. The van der Waals surface area contributed by atoms with Crippen LogP contribution in [0.2, 0.25) is 0 Å². The molecule has 1 amide bonds. The Kier molecular flexibility index (Phi) is 4.07. The molecule has 2 saturated heterocycles. The lowest BCUT2D eigenvalue weighted by Crippen LogP contribution is -2.66. The number of carbonyl (C=O) groups is 1. The van der Waals surface area contributed by atoms with Gasteiger partial charge in [-0.1, -0.05) is 0 Å². The van der Waals surface area contributed by atoms with Crippen LogP contribution in [-0.2, 0) is 4.74 Å². The van der Waals surface area contributed by atoms with Gasteiger partial charge in [0.25, 0.3) is 5.91 Å². The van der Waals surface area contributed by atoms with Gasteiger partial charge < -0.3 is 15.0 Å². The van der Waals surface area contributed by atoms with Gasteiger partial charge in [-0.05, 0) is 43.2 Å². The fourth-order valence-corrected chi connectivity index (χ4v) is 4.61. The Morgan fingerprint density at radius 1 is 1.18 bits per heavy atom. The quantitative estimate of drug-likeness (QED) is 0.485. The first kappa shape index (κ1) is 19.6. The molecule has 1 aliphatic carbocycles. The first-order valence-electron chi connectivity index (χ1n) is 11.4. The average molecular weight is 457 g/mol. The predicted octanol–water partition coefficient (Wildman–Crippen LogP) is 2.12. The van der Waals surface area contributed by atoms with Crippen LogP contribution in [0.3, 0.4) is 0 Å². The first-order valence-corrected chi connectivity index (χ1v) is 11.4. The monoisotopic (exact) mass is 457 g/mol. The molecule has 4 aromatic rings. The summed E-state index contributed by atoms with van der Waals surface area (Å²) in [5, 5.41) is 15.7. The van der Waals surface area contributed by atoms with Crippen molar-refractivity contribution in [2.75, 3.05) is 36.5 Å². The topological polar surface area (TPSA) is 115 Å². The SMILES string of the molecule is Cc1ncc(-c2nnn(C3CC3)n2)cc1NC(=O)c1cnc2ccc(N3CC4(COC4)C3)cn12. The van der Waals surface area contributed by atoms with Crippen molar-refractivity contribution in [3.8, 4) is 11.4 Å². The van der Waals surface area contributed by atoms with E-state index < -0.39 is 0 Å². The molecule has 0 bridgehead atoms. The summed E-state index contributed by atoms with van der Waals surface area (Å²) in [6.07, 6.45) is 7.44. The van der Waals surface area contributed by atoms with Crippen molar-refractivity contribution in [1.29, 1.82) is 0 Å². The van der Waals surface area contributed by atoms with Crippen LogP contribution in [0.4, 0.5) is 11.4 Å².